The van der Waals surface area contributed by atoms with Crippen molar-refractivity contribution in [3.63, 3.8) is 0 Å². The van der Waals surface area contributed by atoms with Gasteiger partial charge in [-0.25, -0.2) is 14.8 Å². The average molecular weight is 524 g/mol. The van der Waals surface area contributed by atoms with E-state index in [1.54, 1.807) is 19.1 Å². The van der Waals surface area contributed by atoms with Crippen molar-refractivity contribution >= 4 is 45.2 Å². The highest BCUT2D eigenvalue weighted by atomic mass is 16.5. The number of nitrogens with zero attached hydrogens (tertiary/aromatic N) is 3. The quantitative estimate of drug-likeness (QED) is 0.387. The molecule has 0 atom stereocenters. The molecular formula is C29H25N5O5. The van der Waals surface area contributed by atoms with Crippen molar-refractivity contribution in [3.8, 4) is 11.4 Å². The first-order chi connectivity index (χ1) is 18.8. The van der Waals surface area contributed by atoms with Crippen LogP contribution in [0, 0.1) is 6.92 Å². The smallest absolute Gasteiger partial charge is 0.356 e. The van der Waals surface area contributed by atoms with E-state index < -0.39 is 17.7 Å². The number of ether oxygens (including phenoxy) is 1. The van der Waals surface area contributed by atoms with Gasteiger partial charge in [-0.05, 0) is 43.5 Å². The number of hydrogen-bond acceptors (Lipinski definition) is 8. The van der Waals surface area contributed by atoms with Crippen LogP contribution in [0.5, 0.6) is 0 Å². The molecule has 196 valence electrons. The number of amides is 1. The van der Waals surface area contributed by atoms with Gasteiger partial charge >= 0.3 is 5.97 Å². The van der Waals surface area contributed by atoms with Crippen LogP contribution in [0.1, 0.15) is 56.7 Å². The normalized spacial score (nSPS) is 15.3. The standard InChI is InChI=1S/C29H25N5O5/c1-14-20-16-8-4-5-9-18(16)31-24(20)23(33-21(14)29(38)39-3)19-11-10-17-22(32-19)28(37)25(30-15(2)35)26(27(17)36)34-12-6-7-13-34/h4-5,8-11,31H,6-7,12-13H2,1-3H3,(H,30,35). The zero-order chi connectivity index (χ0) is 27.4. The fourth-order valence-electron chi connectivity index (χ4n) is 5.51. The lowest BCUT2D eigenvalue weighted by molar-refractivity contribution is -0.118. The summed E-state index contributed by atoms with van der Waals surface area (Å²) in [5.74, 6) is -1.96. The number of fused-ring (bicyclic) bond motifs is 4. The van der Waals surface area contributed by atoms with Crippen LogP contribution in [0.2, 0.25) is 0 Å². The summed E-state index contributed by atoms with van der Waals surface area (Å²) in [6.07, 6.45) is 1.79. The lowest BCUT2D eigenvalue weighted by atomic mass is 9.92. The molecule has 1 aliphatic carbocycles. The third-order valence-corrected chi connectivity index (χ3v) is 7.28. The lowest BCUT2D eigenvalue weighted by Crippen LogP contribution is -2.39. The minimum atomic E-state index is -0.601. The van der Waals surface area contributed by atoms with Crippen molar-refractivity contribution in [2.24, 2.45) is 0 Å². The molecular weight excluding hydrogens is 498 g/mol. The third kappa shape index (κ3) is 3.79. The van der Waals surface area contributed by atoms with E-state index >= 15 is 0 Å². The summed E-state index contributed by atoms with van der Waals surface area (Å²) in [6.45, 7) is 4.35. The molecule has 0 spiro atoms. The molecule has 4 aromatic rings. The van der Waals surface area contributed by atoms with Crippen LogP contribution in [0.25, 0.3) is 33.2 Å². The fourth-order valence-corrected chi connectivity index (χ4v) is 5.51. The second kappa shape index (κ2) is 9.16. The van der Waals surface area contributed by atoms with Gasteiger partial charge in [-0.3, -0.25) is 14.4 Å². The summed E-state index contributed by atoms with van der Waals surface area (Å²) in [5.41, 5.74) is 3.12. The number of Topliss-reactive ketones (excluding diaryl/α,β-unsaturated/α-hetero) is 2. The Hall–Kier alpha value is -4.86. The molecule has 1 fully saturated rings. The molecule has 1 aliphatic heterocycles. The number of carbonyl (C=O) groups excluding carboxylic acids is 4. The van der Waals surface area contributed by atoms with Crippen LogP contribution in [-0.2, 0) is 9.53 Å². The highest BCUT2D eigenvalue weighted by Gasteiger charge is 2.38. The highest BCUT2D eigenvalue weighted by molar-refractivity contribution is 6.26. The maximum atomic E-state index is 13.7. The van der Waals surface area contributed by atoms with Gasteiger partial charge in [-0.15, -0.1) is 0 Å². The molecule has 0 bridgehead atoms. The Balaban J connectivity index is 1.58. The largest absolute Gasteiger partial charge is 0.464 e. The van der Waals surface area contributed by atoms with E-state index in [4.69, 9.17) is 4.74 Å². The summed E-state index contributed by atoms with van der Waals surface area (Å²) in [7, 11) is 1.29. The second-order valence-electron chi connectivity index (χ2n) is 9.70. The number of allylic oxidation sites excluding steroid dienone is 2. The zero-order valence-corrected chi connectivity index (χ0v) is 21.7. The monoisotopic (exact) mass is 523 g/mol. The van der Waals surface area contributed by atoms with Crippen molar-refractivity contribution in [2.45, 2.75) is 26.7 Å². The maximum Gasteiger partial charge on any atom is 0.356 e. The predicted molar refractivity (Wildman–Crippen MR) is 143 cm³/mol. The van der Waals surface area contributed by atoms with Crippen LogP contribution >= 0.6 is 0 Å². The van der Waals surface area contributed by atoms with Crippen molar-refractivity contribution in [1.82, 2.24) is 25.2 Å². The number of pyridine rings is 2. The first kappa shape index (κ1) is 24.5. The van der Waals surface area contributed by atoms with E-state index in [0.717, 1.165) is 29.1 Å². The number of ketones is 2. The van der Waals surface area contributed by atoms with E-state index in [-0.39, 0.29) is 34.1 Å². The molecule has 4 heterocycles. The minimum absolute atomic E-state index is 0.0607. The summed E-state index contributed by atoms with van der Waals surface area (Å²) >= 11 is 0. The molecule has 2 aliphatic rings. The number of aryl methyl sites for hydroxylation is 1. The van der Waals surface area contributed by atoms with Crippen LogP contribution in [0.4, 0.5) is 0 Å². The van der Waals surface area contributed by atoms with E-state index in [0.29, 0.717) is 35.6 Å². The van der Waals surface area contributed by atoms with Gasteiger partial charge in [0.05, 0.1) is 23.9 Å². The van der Waals surface area contributed by atoms with E-state index in [1.165, 1.54) is 14.0 Å². The third-order valence-electron chi connectivity index (χ3n) is 7.28. The number of para-hydroxylation sites is 1. The highest BCUT2D eigenvalue weighted by Crippen LogP contribution is 2.36. The molecule has 10 heteroatoms. The van der Waals surface area contributed by atoms with Crippen molar-refractivity contribution in [2.75, 3.05) is 20.2 Å². The molecule has 6 rings (SSSR count). The van der Waals surface area contributed by atoms with E-state index in [2.05, 4.69) is 20.3 Å². The van der Waals surface area contributed by atoms with Gasteiger partial charge in [0, 0.05) is 36.3 Å². The van der Waals surface area contributed by atoms with Gasteiger partial charge in [0.15, 0.2) is 5.69 Å². The molecule has 0 saturated carbocycles. The van der Waals surface area contributed by atoms with Crippen LogP contribution < -0.4 is 5.32 Å². The number of aromatic nitrogens is 3. The minimum Gasteiger partial charge on any atom is -0.464 e. The Morgan fingerprint density at radius 2 is 1.74 bits per heavy atom. The average Bonchev–Trinajstić information content (AvgIpc) is 3.60. The topological polar surface area (TPSA) is 134 Å². The first-order valence-electron chi connectivity index (χ1n) is 12.7. The van der Waals surface area contributed by atoms with Gasteiger partial charge in [-0.1, -0.05) is 18.2 Å². The molecule has 1 amide bonds. The van der Waals surface area contributed by atoms with Gasteiger partial charge < -0.3 is 19.9 Å². The summed E-state index contributed by atoms with van der Waals surface area (Å²) in [4.78, 5) is 66.5. The summed E-state index contributed by atoms with van der Waals surface area (Å²) in [6, 6.07) is 10.9. The number of H-pyrrole nitrogens is 1. The lowest BCUT2D eigenvalue weighted by Gasteiger charge is -2.27. The first-order valence-corrected chi connectivity index (χ1v) is 12.7. The number of carbonyl (C=O) groups is 4. The Kier molecular flexibility index (Phi) is 5.75. The van der Waals surface area contributed by atoms with Gasteiger partial charge in [0.1, 0.15) is 22.8 Å². The number of methoxy groups -OCH3 is 1. The summed E-state index contributed by atoms with van der Waals surface area (Å²) in [5, 5.41) is 4.26. The second-order valence-corrected chi connectivity index (χ2v) is 9.70. The number of hydrogen-bond donors (Lipinski definition) is 2. The van der Waals surface area contributed by atoms with Crippen molar-refractivity contribution < 1.29 is 23.9 Å². The molecule has 0 radical (unpaired) electrons. The number of benzene rings is 1. The Bertz CT molecular complexity index is 1780. The maximum absolute atomic E-state index is 13.7. The van der Waals surface area contributed by atoms with Crippen LogP contribution in [0.3, 0.4) is 0 Å². The Labute approximate surface area is 223 Å². The number of nitrogens with one attached hydrogen (secondary N) is 2. The van der Waals surface area contributed by atoms with Crippen molar-refractivity contribution in [3.05, 3.63) is 70.3 Å². The molecule has 10 nitrogen and oxygen atoms in total. The molecule has 3 aromatic heterocycles. The van der Waals surface area contributed by atoms with Crippen LogP contribution in [-0.4, -0.2) is 63.5 Å². The van der Waals surface area contributed by atoms with E-state index in [9.17, 15) is 19.2 Å². The van der Waals surface area contributed by atoms with Crippen molar-refractivity contribution in [1.29, 1.82) is 0 Å². The van der Waals surface area contributed by atoms with Gasteiger partial charge in [0.25, 0.3) is 0 Å². The fraction of sp³-hybridized carbons (Fsp3) is 0.241. The molecule has 39 heavy (non-hydrogen) atoms. The van der Waals surface area contributed by atoms with Gasteiger partial charge in [0.2, 0.25) is 17.5 Å². The predicted octanol–water partition coefficient (Wildman–Crippen LogP) is 3.70. The number of likely N-dealkylation sites (tertiary alicyclic amines) is 1. The molecule has 1 aromatic carbocycles. The number of esters is 1. The Morgan fingerprint density at radius 1 is 1.00 bits per heavy atom. The van der Waals surface area contributed by atoms with Gasteiger partial charge in [-0.2, -0.15) is 0 Å². The molecule has 1 saturated heterocycles. The number of aromatic amines is 1. The number of rotatable bonds is 4. The summed E-state index contributed by atoms with van der Waals surface area (Å²) < 4.78 is 5.00. The SMILES string of the molecule is COC(=O)c1nc(-c2ccc3c(n2)C(=O)C(NC(C)=O)=C(N2CCCC2)C3=O)c2[nH]c3ccccc3c2c1C. The molecule has 2 N–H and O–H groups in total. The van der Waals surface area contributed by atoms with E-state index in [1.807, 2.05) is 29.2 Å². The molecule has 0 unspecified atom stereocenters. The van der Waals surface area contributed by atoms with Crippen LogP contribution in [0.15, 0.2) is 47.8 Å². The zero-order valence-electron chi connectivity index (χ0n) is 21.7. The Morgan fingerprint density at radius 3 is 2.46 bits per heavy atom.